The van der Waals surface area contributed by atoms with Crippen molar-refractivity contribution in [3.8, 4) is 5.75 Å². The van der Waals surface area contributed by atoms with Crippen molar-refractivity contribution in [2.45, 2.75) is 0 Å². The van der Waals surface area contributed by atoms with Crippen molar-refractivity contribution in [2.75, 3.05) is 39.5 Å². The maximum atomic E-state index is 11.8. The molecule has 1 aromatic carbocycles. The number of hydrogen-bond acceptors (Lipinski definition) is 11. The Labute approximate surface area is 215 Å². The Morgan fingerprint density at radius 1 is 0.632 bits per heavy atom. The molecule has 1 aromatic rings. The van der Waals surface area contributed by atoms with E-state index in [9.17, 15) is 33.6 Å². The summed E-state index contributed by atoms with van der Waals surface area (Å²) in [5.74, 6) is -4.10. The highest BCUT2D eigenvalue weighted by Crippen LogP contribution is 2.13. The van der Waals surface area contributed by atoms with E-state index in [1.54, 1.807) is 24.3 Å². The molecule has 0 saturated carbocycles. The van der Waals surface area contributed by atoms with E-state index in [2.05, 4.69) is 0 Å². The van der Waals surface area contributed by atoms with Crippen LogP contribution in [-0.2, 0) is 47.8 Å². The predicted octanol–water partition coefficient (Wildman–Crippen LogP) is -0.442. The number of esters is 3. The van der Waals surface area contributed by atoms with E-state index in [0.717, 1.165) is 34.1 Å². The van der Waals surface area contributed by atoms with Crippen LogP contribution in [0.25, 0.3) is 6.08 Å². The number of nitrogens with zero attached hydrogens (tertiary/aromatic N) is 2. The molecule has 0 aromatic heterocycles. The molecule has 0 bridgehead atoms. The van der Waals surface area contributed by atoms with E-state index >= 15 is 0 Å². The molecule has 3 rings (SSSR count). The lowest BCUT2D eigenvalue weighted by atomic mass is 10.2. The third kappa shape index (κ3) is 8.26. The minimum Gasteiger partial charge on any atom is -0.490 e. The smallest absolute Gasteiger partial charge is 0.330 e. The largest absolute Gasteiger partial charge is 0.490 e. The fraction of sp³-hybridized carbons (Fsp3) is 0.240. The maximum Gasteiger partial charge on any atom is 0.330 e. The number of amides is 4. The highest BCUT2D eigenvalue weighted by atomic mass is 16.6. The second kappa shape index (κ2) is 13.3. The zero-order valence-electron chi connectivity index (χ0n) is 19.9. The topological polar surface area (TPSA) is 163 Å². The lowest BCUT2D eigenvalue weighted by molar-refractivity contribution is -0.154. The van der Waals surface area contributed by atoms with Crippen molar-refractivity contribution in [3.63, 3.8) is 0 Å². The van der Waals surface area contributed by atoms with E-state index in [0.29, 0.717) is 11.3 Å². The molecule has 198 valence electrons. The average molecular weight is 526 g/mol. The van der Waals surface area contributed by atoms with Crippen molar-refractivity contribution in [1.29, 1.82) is 0 Å². The summed E-state index contributed by atoms with van der Waals surface area (Å²) < 4.78 is 20.1. The van der Waals surface area contributed by atoms with Gasteiger partial charge in [-0.15, -0.1) is 0 Å². The highest BCUT2D eigenvalue weighted by Gasteiger charge is 2.27. The van der Waals surface area contributed by atoms with E-state index in [1.165, 1.54) is 12.2 Å². The van der Waals surface area contributed by atoms with Gasteiger partial charge in [0, 0.05) is 30.4 Å². The molecule has 0 saturated heterocycles. The molecule has 38 heavy (non-hydrogen) atoms. The van der Waals surface area contributed by atoms with Gasteiger partial charge in [-0.2, -0.15) is 0 Å². The minimum absolute atomic E-state index is 0.0412. The van der Waals surface area contributed by atoms with Crippen LogP contribution in [0.5, 0.6) is 5.75 Å². The summed E-state index contributed by atoms with van der Waals surface area (Å²) >= 11 is 0. The molecule has 0 radical (unpaired) electrons. The monoisotopic (exact) mass is 526 g/mol. The molecular weight excluding hydrogens is 504 g/mol. The quantitative estimate of drug-likeness (QED) is 0.108. The molecule has 2 aliphatic heterocycles. The molecule has 13 nitrogen and oxygen atoms in total. The van der Waals surface area contributed by atoms with Gasteiger partial charge in [0.15, 0.2) is 0 Å². The first-order valence-electron chi connectivity index (χ1n) is 11.2. The summed E-state index contributed by atoms with van der Waals surface area (Å²) in [7, 11) is 0. The summed E-state index contributed by atoms with van der Waals surface area (Å²) in [6, 6.07) is 6.59. The second-order valence-corrected chi connectivity index (χ2v) is 7.55. The lowest BCUT2D eigenvalue weighted by Gasteiger charge is -2.13. The second-order valence-electron chi connectivity index (χ2n) is 7.55. The first kappa shape index (κ1) is 27.5. The van der Waals surface area contributed by atoms with Crippen LogP contribution in [0, 0.1) is 0 Å². The summed E-state index contributed by atoms with van der Waals surface area (Å²) in [5, 5.41) is 0. The first-order valence-corrected chi connectivity index (χ1v) is 11.2. The normalized spacial score (nSPS) is 14.5. The number of hydrogen-bond donors (Lipinski definition) is 0. The Morgan fingerprint density at radius 3 is 1.58 bits per heavy atom. The van der Waals surface area contributed by atoms with Crippen molar-refractivity contribution >= 4 is 47.6 Å². The Kier molecular flexibility index (Phi) is 9.63. The van der Waals surface area contributed by atoms with Crippen molar-refractivity contribution in [1.82, 2.24) is 9.80 Å². The number of ether oxygens (including phenoxy) is 4. The molecule has 2 heterocycles. The van der Waals surface area contributed by atoms with Gasteiger partial charge >= 0.3 is 17.9 Å². The molecule has 0 aliphatic carbocycles. The fourth-order valence-electron chi connectivity index (χ4n) is 3.02. The number of benzene rings is 1. The van der Waals surface area contributed by atoms with Crippen LogP contribution in [0.1, 0.15) is 5.56 Å². The molecule has 0 spiro atoms. The van der Waals surface area contributed by atoms with Gasteiger partial charge in [-0.1, -0.05) is 12.1 Å². The number of carbonyl (C=O) groups excluding carboxylic acids is 7. The minimum atomic E-state index is -0.810. The Morgan fingerprint density at radius 2 is 1.08 bits per heavy atom. The van der Waals surface area contributed by atoms with Crippen LogP contribution >= 0.6 is 0 Å². The average Bonchev–Trinajstić information content (AvgIpc) is 3.39. The molecule has 0 unspecified atom stereocenters. The van der Waals surface area contributed by atoms with Gasteiger partial charge in [-0.25, -0.2) is 4.79 Å². The number of carbonyl (C=O) groups is 7. The van der Waals surface area contributed by atoms with Gasteiger partial charge in [0.2, 0.25) is 0 Å². The summed E-state index contributed by atoms with van der Waals surface area (Å²) in [6.45, 7) is -1.50. The molecule has 4 amide bonds. The predicted molar refractivity (Wildman–Crippen MR) is 126 cm³/mol. The van der Waals surface area contributed by atoms with E-state index < -0.39 is 54.6 Å². The molecule has 0 fully saturated rings. The molecule has 13 heteroatoms. The molecule has 0 atom stereocenters. The third-order valence-electron chi connectivity index (χ3n) is 4.87. The van der Waals surface area contributed by atoms with Crippen LogP contribution in [0.4, 0.5) is 0 Å². The summed E-state index contributed by atoms with van der Waals surface area (Å²) in [5.41, 5.74) is 0.661. The lowest BCUT2D eigenvalue weighted by Crippen LogP contribution is -2.36. The van der Waals surface area contributed by atoms with Gasteiger partial charge in [-0.05, 0) is 23.8 Å². The molecular formula is C25H22N2O11. The van der Waals surface area contributed by atoms with E-state index in [1.807, 2.05) is 0 Å². The SMILES string of the molecule is O=C(/C=C/c1ccc(OCCOC(=O)CN2C(=O)C=CC2=O)cc1)OCCOC(=O)CN1C(=O)C=CC1=O. The summed E-state index contributed by atoms with van der Waals surface area (Å²) in [4.78, 5) is 82.3. The Hall–Kier alpha value is -5.07. The zero-order chi connectivity index (χ0) is 27.5. The van der Waals surface area contributed by atoms with Crippen LogP contribution in [0.2, 0.25) is 0 Å². The van der Waals surface area contributed by atoms with Crippen molar-refractivity contribution in [2.24, 2.45) is 0 Å². The van der Waals surface area contributed by atoms with Gasteiger partial charge in [-0.3, -0.25) is 38.6 Å². The van der Waals surface area contributed by atoms with Crippen molar-refractivity contribution in [3.05, 3.63) is 60.2 Å². The third-order valence-corrected chi connectivity index (χ3v) is 4.87. The molecule has 2 aliphatic rings. The number of rotatable bonds is 13. The number of imide groups is 2. The van der Waals surface area contributed by atoms with Gasteiger partial charge in [0.05, 0.1) is 0 Å². The van der Waals surface area contributed by atoms with Crippen molar-refractivity contribution < 1.29 is 52.5 Å². The van der Waals surface area contributed by atoms with E-state index in [4.69, 9.17) is 18.9 Å². The van der Waals surface area contributed by atoms with Gasteiger partial charge in [0.1, 0.15) is 45.3 Å². The van der Waals surface area contributed by atoms with Gasteiger partial charge < -0.3 is 18.9 Å². The van der Waals surface area contributed by atoms with Gasteiger partial charge in [0.25, 0.3) is 23.6 Å². The standard InChI is InChI=1S/C25H22N2O11/c28-19-6-7-20(29)26(19)15-24(33)37-12-11-35-18-4-1-17(2-5-18)3-10-23(32)36-13-14-38-25(34)16-27-21(30)8-9-22(27)31/h1-10H,11-16H2/b10-3+. The zero-order valence-corrected chi connectivity index (χ0v) is 19.9. The highest BCUT2D eigenvalue weighted by molar-refractivity contribution is 6.14. The first-order chi connectivity index (χ1) is 18.2. The summed E-state index contributed by atoms with van der Waals surface area (Å²) in [6.07, 6.45) is 6.92. The van der Waals surface area contributed by atoms with Crippen LogP contribution in [0.3, 0.4) is 0 Å². The van der Waals surface area contributed by atoms with Crippen LogP contribution < -0.4 is 4.74 Å². The Balaban J connectivity index is 1.27. The van der Waals surface area contributed by atoms with Crippen LogP contribution in [-0.4, -0.2) is 90.9 Å². The maximum absolute atomic E-state index is 11.8. The van der Waals surface area contributed by atoms with E-state index in [-0.39, 0.29) is 26.4 Å². The fourth-order valence-corrected chi connectivity index (χ4v) is 3.02. The molecule has 0 N–H and O–H groups in total. The Bertz CT molecular complexity index is 1180. The van der Waals surface area contributed by atoms with Crippen LogP contribution in [0.15, 0.2) is 54.6 Å².